The van der Waals surface area contributed by atoms with Crippen molar-refractivity contribution in [3.05, 3.63) is 35.9 Å². The van der Waals surface area contributed by atoms with Gasteiger partial charge in [-0.25, -0.2) is 0 Å². The van der Waals surface area contributed by atoms with Crippen molar-refractivity contribution in [2.75, 3.05) is 88.0 Å². The van der Waals surface area contributed by atoms with Gasteiger partial charge in [0.2, 0.25) is 41.2 Å². The van der Waals surface area contributed by atoms with Crippen molar-refractivity contribution in [1.29, 1.82) is 0 Å². The number of nitrogens with one attached hydrogen (secondary N) is 2. The number of ether oxygens (including phenoxy) is 5. The van der Waals surface area contributed by atoms with Crippen molar-refractivity contribution in [2.45, 2.75) is 207 Å². The number of likely N-dealkylation sites (tertiary alicyclic amines) is 1. The van der Waals surface area contributed by atoms with Crippen LogP contribution in [0.25, 0.3) is 0 Å². The number of carboxylic acids is 1. The molecule has 1 aliphatic rings. The van der Waals surface area contributed by atoms with Gasteiger partial charge in [-0.15, -0.1) is 6.42 Å². The van der Waals surface area contributed by atoms with Gasteiger partial charge >= 0.3 is 11.9 Å². The third kappa shape index (κ3) is 29.9. The molecule has 0 spiro atoms. The Labute approximate surface area is 564 Å². The zero-order valence-corrected chi connectivity index (χ0v) is 59.0. The smallest absolute Gasteiger partial charge is 0.309 e. The van der Waals surface area contributed by atoms with Crippen molar-refractivity contribution in [3.63, 3.8) is 0 Å². The Morgan fingerprint density at radius 2 is 1.31 bits per heavy atom. The number of ketones is 4. The quantitative estimate of drug-likeness (QED) is 0.0281. The molecule has 95 heavy (non-hydrogen) atoms. The number of hydrogen-bond donors (Lipinski definition) is 3. The molecule has 0 aliphatic carbocycles. The predicted octanol–water partition coefficient (Wildman–Crippen LogP) is 6.24. The van der Waals surface area contributed by atoms with Gasteiger partial charge in [0.25, 0.3) is 0 Å². The van der Waals surface area contributed by atoms with Crippen LogP contribution in [0.4, 0.5) is 0 Å². The summed E-state index contributed by atoms with van der Waals surface area (Å²) in [6.07, 6.45) is 7.31. The topological polar surface area (TPSA) is 308 Å². The van der Waals surface area contributed by atoms with Gasteiger partial charge in [-0.2, -0.15) is 0 Å². The minimum Gasteiger partial charge on any atom is -0.481 e. The number of carbonyl (C=O) groups is 12. The van der Waals surface area contributed by atoms with Gasteiger partial charge in [0, 0.05) is 118 Å². The van der Waals surface area contributed by atoms with E-state index in [0.717, 1.165) is 5.56 Å². The van der Waals surface area contributed by atoms with Crippen LogP contribution in [0.5, 0.6) is 0 Å². The summed E-state index contributed by atoms with van der Waals surface area (Å²) in [6.45, 7) is 16.0. The van der Waals surface area contributed by atoms with E-state index in [0.29, 0.717) is 57.9 Å². The summed E-state index contributed by atoms with van der Waals surface area (Å²) >= 11 is 0. The molecule has 1 aliphatic heterocycles. The van der Waals surface area contributed by atoms with Gasteiger partial charge in [-0.1, -0.05) is 85.2 Å². The summed E-state index contributed by atoms with van der Waals surface area (Å²) in [5.74, 6) is -5.22. The lowest BCUT2D eigenvalue weighted by molar-refractivity contribution is -0.150. The van der Waals surface area contributed by atoms with Gasteiger partial charge < -0.3 is 59.0 Å². The molecule has 0 radical (unpaired) electrons. The number of benzene rings is 1. The Kier molecular flexibility index (Phi) is 40.3. The summed E-state index contributed by atoms with van der Waals surface area (Å²) in [4.78, 5) is 164. The normalized spacial score (nSPS) is 15.8. The van der Waals surface area contributed by atoms with E-state index in [-0.39, 0.29) is 187 Å². The van der Waals surface area contributed by atoms with Gasteiger partial charge in [0.05, 0.1) is 88.7 Å². The zero-order chi connectivity index (χ0) is 71.3. The van der Waals surface area contributed by atoms with Crippen LogP contribution in [-0.2, 0) is 87.6 Å². The fraction of sp³-hybridized carbons (Fsp3) is 0.718. The Morgan fingerprint density at radius 3 is 1.89 bits per heavy atom. The molecule has 24 heteroatoms. The van der Waals surface area contributed by atoms with E-state index in [9.17, 15) is 57.5 Å². The molecular formula is C71H112N6O18. The monoisotopic (exact) mass is 1340 g/mol. The van der Waals surface area contributed by atoms with Gasteiger partial charge in [0.1, 0.15) is 5.78 Å². The summed E-state index contributed by atoms with van der Waals surface area (Å²) in [5.41, 5.74) is 0.902. The highest BCUT2D eigenvalue weighted by Gasteiger charge is 2.44. The fourth-order valence-corrected chi connectivity index (χ4v) is 12.3. The maximum absolute atomic E-state index is 14.8. The lowest BCUT2D eigenvalue weighted by Crippen LogP contribution is -2.54. The minimum atomic E-state index is -1.08. The fourth-order valence-electron chi connectivity index (χ4n) is 12.3. The van der Waals surface area contributed by atoms with Crippen LogP contribution < -0.4 is 10.6 Å². The van der Waals surface area contributed by atoms with Crippen LogP contribution in [-0.4, -0.2) is 220 Å². The Balaban J connectivity index is 1.90. The molecule has 1 fully saturated rings. The van der Waals surface area contributed by atoms with Gasteiger partial charge in [0.15, 0.2) is 11.6 Å². The van der Waals surface area contributed by atoms with Crippen molar-refractivity contribution >= 4 is 70.5 Å². The first-order valence-corrected chi connectivity index (χ1v) is 33.9. The molecule has 10 atom stereocenters. The highest BCUT2D eigenvalue weighted by atomic mass is 16.5. The number of carbonyl (C=O) groups excluding carboxylic acids is 11. The van der Waals surface area contributed by atoms with Crippen LogP contribution in [0.3, 0.4) is 0 Å². The number of hydrogen-bond acceptors (Lipinski definition) is 17. The van der Waals surface area contributed by atoms with Crippen LogP contribution in [0, 0.1) is 47.9 Å². The van der Waals surface area contributed by atoms with Crippen LogP contribution in [0.15, 0.2) is 30.3 Å². The molecule has 0 bridgehead atoms. The standard InChI is InChI=1S/C71H112N6O18/c1-15-49(7)68(60(91-12)46-65(86)77-36-24-28-56(77)69(92-13)50(8)58(80)44-53(71(90)93-14)43-52-25-18-17-19-26-52)75(11)70(89)55(47(3)4)45-59(81)67(48(5)6)74(10)63(84)30-23-21-29-57(79)51(9)73-62(83)34-39-94-41-42-95-40-35-72-61(82)32-37-76(38-33-66(87)88)64(85)31-22-20-27-54(78)16-2/h2,17-19,25-26,47-51,53,55-56,60,67-69H,15,20-24,27-46H2,1,3-14H3,(H,72,82)(H,73,83)(H,87,88)/t49-,50-,51?,53+,55-,56-,60+,67-,68-,69+/m0/s1. The minimum absolute atomic E-state index is 0.0108. The number of amides is 6. The number of methoxy groups -OCH3 is 3. The third-order valence-corrected chi connectivity index (χ3v) is 18.1. The number of rotatable bonds is 50. The van der Waals surface area contributed by atoms with E-state index in [1.807, 2.05) is 77.8 Å². The summed E-state index contributed by atoms with van der Waals surface area (Å²) in [7, 11) is 7.62. The highest BCUT2D eigenvalue weighted by Crippen LogP contribution is 2.32. The first-order valence-electron chi connectivity index (χ1n) is 33.9. The molecule has 3 N–H and O–H groups in total. The van der Waals surface area contributed by atoms with E-state index in [2.05, 4.69) is 10.6 Å². The number of likely N-dealkylation sites (N-methyl/N-ethyl adjacent to an activating group) is 2. The Bertz CT molecular complexity index is 2660. The maximum atomic E-state index is 14.8. The predicted molar refractivity (Wildman–Crippen MR) is 357 cm³/mol. The summed E-state index contributed by atoms with van der Waals surface area (Å²) in [6, 6.07) is 6.81. The molecule has 24 nitrogen and oxygen atoms in total. The van der Waals surface area contributed by atoms with E-state index in [1.54, 1.807) is 37.7 Å². The first-order chi connectivity index (χ1) is 45.1. The number of carboxylic acid groups (broad SMARTS) is 1. The van der Waals surface area contributed by atoms with Gasteiger partial charge in [-0.05, 0) is 81.1 Å². The van der Waals surface area contributed by atoms with E-state index >= 15 is 0 Å². The molecule has 534 valence electrons. The molecular weight excluding hydrogens is 1220 g/mol. The second kappa shape index (κ2) is 45.5. The second-order valence-corrected chi connectivity index (χ2v) is 25.7. The highest BCUT2D eigenvalue weighted by molar-refractivity contribution is 5.95. The number of esters is 1. The summed E-state index contributed by atoms with van der Waals surface area (Å²) < 4.78 is 28.2. The van der Waals surface area contributed by atoms with E-state index in [1.165, 1.54) is 31.1 Å². The third-order valence-electron chi connectivity index (χ3n) is 18.1. The number of aliphatic carboxylic acids is 1. The van der Waals surface area contributed by atoms with Gasteiger partial charge in [-0.3, -0.25) is 57.5 Å². The Hall–Kier alpha value is -6.94. The zero-order valence-electron chi connectivity index (χ0n) is 59.0. The molecule has 1 heterocycles. The average molecular weight is 1340 g/mol. The van der Waals surface area contributed by atoms with E-state index < -0.39 is 66.1 Å². The van der Waals surface area contributed by atoms with Crippen molar-refractivity contribution in [3.8, 4) is 12.3 Å². The molecule has 0 aromatic heterocycles. The number of unbranched alkanes of at least 4 members (excludes halogenated alkanes) is 2. The van der Waals surface area contributed by atoms with Crippen molar-refractivity contribution in [1.82, 2.24) is 30.2 Å². The largest absolute Gasteiger partial charge is 0.481 e. The van der Waals surface area contributed by atoms with Crippen molar-refractivity contribution < 1.29 is 86.3 Å². The summed E-state index contributed by atoms with van der Waals surface area (Å²) in [5, 5.41) is 14.5. The number of Topliss-reactive ketones (excluding diaryl/α,β-unsaturated/α-hetero) is 4. The number of nitrogens with zero attached hydrogens (tertiary/aromatic N) is 4. The lowest BCUT2D eigenvalue weighted by Gasteiger charge is -2.41. The molecule has 2 rings (SSSR count). The molecule has 1 aromatic carbocycles. The Morgan fingerprint density at radius 1 is 0.684 bits per heavy atom. The molecule has 1 saturated heterocycles. The maximum Gasteiger partial charge on any atom is 0.309 e. The number of terminal acetylenes is 1. The van der Waals surface area contributed by atoms with Crippen LogP contribution >= 0.6 is 0 Å². The van der Waals surface area contributed by atoms with Crippen molar-refractivity contribution in [2.24, 2.45) is 35.5 Å². The second-order valence-electron chi connectivity index (χ2n) is 25.7. The average Bonchev–Trinajstić information content (AvgIpc) is 1.81. The van der Waals surface area contributed by atoms with E-state index in [4.69, 9.17) is 35.2 Å². The molecule has 0 saturated carbocycles. The molecule has 1 unspecified atom stereocenters. The SMILES string of the molecule is C#CC(=O)CCCCC(=O)N(CCC(=O)O)CCC(=O)NCCOCCOCCC(=O)NC(C)C(=O)CCCCC(=O)N(C)[C@H](C(=O)C[C@H](C(=O)N(C)[C@@H]([C@@H](C)CC)[C@@H](CC(=O)N1CCC[C@H]1[C@H](OC)[C@@H](C)C(=O)C[C@@H](Cc1ccccc1)C(=O)OC)OC)C(C)C)C(C)C. The molecule has 6 amide bonds. The van der Waals surface area contributed by atoms with Crippen LogP contribution in [0.1, 0.15) is 170 Å². The molecule has 1 aromatic rings. The lowest BCUT2D eigenvalue weighted by atomic mass is 9.83. The van der Waals surface area contributed by atoms with Crippen LogP contribution in [0.2, 0.25) is 0 Å². The first kappa shape index (κ1) is 84.1.